The Morgan fingerprint density at radius 1 is 0.613 bits per heavy atom. The lowest BCUT2D eigenvalue weighted by Crippen LogP contribution is -2.68. The molecule has 2 fully saturated rings. The molecule has 2 saturated heterocycles. The Labute approximate surface area is 208 Å². The minimum Gasteiger partial charge on any atom is -0.412 e. The molecule has 175 valence electrons. The van der Waals surface area contributed by atoms with Crippen molar-refractivity contribution in [2.75, 3.05) is 4.43 Å². The number of halogens is 1. The van der Waals surface area contributed by atoms with Gasteiger partial charge in [0.15, 0.2) is 0 Å². The van der Waals surface area contributed by atoms with Crippen molar-refractivity contribution < 1.29 is 24.7 Å². The zero-order chi connectivity index (χ0) is 23.8. The molecule has 0 saturated carbocycles. The molecule has 0 aromatic carbocycles. The summed E-state index contributed by atoms with van der Waals surface area (Å²) >= 11 is 2.42. The molecule has 31 heavy (non-hydrogen) atoms. The summed E-state index contributed by atoms with van der Waals surface area (Å²) in [7, 11) is -15.4. The standard InChI is InChI=1S/C18H36IO6Si6/c1-11-26(5)20-27(6,12-2)23-30(9,22-26)16-15-18(17-19)31(10)24-28(7,13-3)21-29(8,14-4)25-31/h11-14,16,18H,1-4,15,17H2,5-10H3. The number of hydrogen-bond donors (Lipinski definition) is 0. The minimum atomic E-state index is -2.62. The van der Waals surface area contributed by atoms with Gasteiger partial charge < -0.3 is 24.7 Å². The first-order valence-electron chi connectivity index (χ1n) is 10.3. The van der Waals surface area contributed by atoms with Crippen LogP contribution < -0.4 is 0 Å². The van der Waals surface area contributed by atoms with Crippen molar-refractivity contribution in [3.63, 3.8) is 0 Å². The Kier molecular flexibility index (Phi) is 8.83. The van der Waals surface area contributed by atoms with Crippen LogP contribution in [0.2, 0.25) is 44.8 Å². The number of rotatable bonds is 9. The second-order valence-electron chi connectivity index (χ2n) is 8.82. The topological polar surface area (TPSA) is 55.4 Å². The van der Waals surface area contributed by atoms with Gasteiger partial charge in [-0.15, -0.1) is 26.3 Å². The van der Waals surface area contributed by atoms with Crippen molar-refractivity contribution >= 4 is 74.0 Å². The fraction of sp³-hybridized carbons (Fsp3) is 0.500. The highest BCUT2D eigenvalue weighted by molar-refractivity contribution is 14.1. The fourth-order valence-electron chi connectivity index (χ4n) is 3.90. The van der Waals surface area contributed by atoms with Gasteiger partial charge in [-0.25, -0.2) is 0 Å². The van der Waals surface area contributed by atoms with Gasteiger partial charge in [0.05, 0.1) is 0 Å². The molecule has 5 unspecified atom stereocenters. The monoisotopic (exact) mass is 643 g/mol. The lowest BCUT2D eigenvalue weighted by Gasteiger charge is -2.51. The van der Waals surface area contributed by atoms with Gasteiger partial charge in [-0.2, -0.15) is 0 Å². The van der Waals surface area contributed by atoms with Gasteiger partial charge in [0.2, 0.25) is 0 Å². The normalized spacial score (nSPS) is 46.7. The van der Waals surface area contributed by atoms with Crippen LogP contribution in [0.1, 0.15) is 6.42 Å². The van der Waals surface area contributed by atoms with E-state index in [1.807, 2.05) is 49.0 Å². The molecule has 2 aliphatic heterocycles. The highest BCUT2D eigenvalue weighted by Crippen LogP contribution is 2.42. The predicted octanol–water partition coefficient (Wildman–Crippen LogP) is 5.38. The van der Waals surface area contributed by atoms with Crippen LogP contribution in [0.25, 0.3) is 0 Å². The van der Waals surface area contributed by atoms with Gasteiger partial charge in [0.25, 0.3) is 0 Å². The van der Waals surface area contributed by atoms with E-state index in [0.29, 0.717) is 0 Å². The molecule has 13 heteroatoms. The molecule has 6 nitrogen and oxygen atoms in total. The zero-order valence-electron chi connectivity index (χ0n) is 19.5. The Morgan fingerprint density at radius 2 is 0.935 bits per heavy atom. The van der Waals surface area contributed by atoms with Gasteiger partial charge in [0, 0.05) is 16.0 Å². The summed E-state index contributed by atoms with van der Waals surface area (Å²) < 4.78 is 39.7. The smallest absolute Gasteiger partial charge is 0.343 e. The first-order chi connectivity index (χ1) is 14.2. The second-order valence-corrected chi connectivity index (χ2v) is 29.6. The summed E-state index contributed by atoms with van der Waals surface area (Å²) in [6.45, 7) is 28.3. The molecule has 5 atom stereocenters. The second kappa shape index (κ2) is 9.78. The summed E-state index contributed by atoms with van der Waals surface area (Å²) in [5.41, 5.74) is 7.59. The summed E-state index contributed by atoms with van der Waals surface area (Å²) in [6, 6.07) is 2.24. The first kappa shape index (κ1) is 28.0. The van der Waals surface area contributed by atoms with Crippen molar-refractivity contribution in [1.29, 1.82) is 0 Å². The molecule has 0 aromatic rings. The van der Waals surface area contributed by atoms with Crippen molar-refractivity contribution in [1.82, 2.24) is 0 Å². The Bertz CT molecular complexity index is 700. The maximum atomic E-state index is 6.63. The van der Waals surface area contributed by atoms with Gasteiger partial charge >= 0.3 is 51.4 Å². The van der Waals surface area contributed by atoms with E-state index in [2.05, 4.69) is 68.0 Å². The van der Waals surface area contributed by atoms with Crippen LogP contribution in [-0.2, 0) is 24.7 Å². The predicted molar refractivity (Wildman–Crippen MR) is 149 cm³/mol. The lowest BCUT2D eigenvalue weighted by molar-refractivity contribution is 0.231. The summed E-state index contributed by atoms with van der Waals surface area (Å²) in [5, 5.41) is 0. The summed E-state index contributed by atoms with van der Waals surface area (Å²) in [6.07, 6.45) is 0.779. The van der Waals surface area contributed by atoms with Crippen LogP contribution in [-0.4, -0.2) is 55.8 Å². The van der Waals surface area contributed by atoms with E-state index >= 15 is 0 Å². The zero-order valence-corrected chi connectivity index (χ0v) is 27.7. The SMILES string of the molecule is C=C[Si]1(C)O[Si](C)([CH]CC(CI)[Si]2(C)O[Si](C)(C=C)O[Si](C)(C=C)O2)O[Si](C)(C=C)O1. The maximum Gasteiger partial charge on any atom is 0.343 e. The van der Waals surface area contributed by atoms with Crippen LogP contribution in [0.5, 0.6) is 0 Å². The summed E-state index contributed by atoms with van der Waals surface area (Å²) in [5.74, 6) is 0. The molecule has 2 rings (SSSR count). The maximum absolute atomic E-state index is 6.63. The molecule has 0 bridgehead atoms. The molecule has 2 aliphatic rings. The molecule has 1 radical (unpaired) electrons. The third-order valence-electron chi connectivity index (χ3n) is 5.62. The van der Waals surface area contributed by atoms with Gasteiger partial charge in [-0.05, 0) is 45.7 Å². The Balaban J connectivity index is 2.27. The van der Waals surface area contributed by atoms with Crippen LogP contribution in [0.4, 0.5) is 0 Å². The average Bonchev–Trinajstić information content (AvgIpc) is 2.66. The first-order valence-corrected chi connectivity index (χ1v) is 26.2. The van der Waals surface area contributed by atoms with Crippen LogP contribution in [0.3, 0.4) is 0 Å². The third-order valence-corrected chi connectivity index (χ3v) is 32.8. The van der Waals surface area contributed by atoms with Crippen LogP contribution in [0.15, 0.2) is 49.1 Å². The molecule has 0 aliphatic carbocycles. The minimum absolute atomic E-state index is 0.211. The van der Waals surface area contributed by atoms with E-state index in [-0.39, 0.29) is 5.54 Å². The molecule has 0 aromatic heterocycles. The van der Waals surface area contributed by atoms with Crippen LogP contribution >= 0.6 is 22.6 Å². The Hall–Kier alpha value is 0.751. The highest BCUT2D eigenvalue weighted by Gasteiger charge is 2.59. The van der Waals surface area contributed by atoms with Gasteiger partial charge in [-0.3, -0.25) is 0 Å². The quantitative estimate of drug-likeness (QED) is 0.191. The summed E-state index contributed by atoms with van der Waals surface area (Å²) in [4.78, 5) is 0. The van der Waals surface area contributed by atoms with E-state index in [4.69, 9.17) is 24.7 Å². The van der Waals surface area contributed by atoms with Crippen molar-refractivity contribution in [3.05, 3.63) is 55.2 Å². The molecular formula is C18H36IO6Si6. The van der Waals surface area contributed by atoms with Gasteiger partial charge in [0.1, 0.15) is 0 Å². The fourth-order valence-corrected chi connectivity index (χ4v) is 35.7. The van der Waals surface area contributed by atoms with Crippen molar-refractivity contribution in [2.24, 2.45) is 0 Å². The molecular weight excluding hydrogens is 608 g/mol. The number of alkyl halides is 1. The van der Waals surface area contributed by atoms with E-state index < -0.39 is 51.4 Å². The molecule has 0 spiro atoms. The lowest BCUT2D eigenvalue weighted by atomic mass is 10.4. The molecule has 2 heterocycles. The molecule has 0 amide bonds. The highest BCUT2D eigenvalue weighted by atomic mass is 127. The van der Waals surface area contributed by atoms with E-state index in [1.165, 1.54) is 0 Å². The van der Waals surface area contributed by atoms with Crippen molar-refractivity contribution in [2.45, 2.75) is 51.2 Å². The largest absolute Gasteiger partial charge is 0.412 e. The number of hydrogen-bond acceptors (Lipinski definition) is 6. The average molecular weight is 644 g/mol. The van der Waals surface area contributed by atoms with Crippen molar-refractivity contribution in [3.8, 4) is 0 Å². The van der Waals surface area contributed by atoms with Crippen LogP contribution in [0, 0.1) is 6.04 Å². The van der Waals surface area contributed by atoms with E-state index in [9.17, 15) is 0 Å². The van der Waals surface area contributed by atoms with E-state index in [0.717, 1.165) is 10.8 Å². The Morgan fingerprint density at radius 3 is 1.26 bits per heavy atom. The van der Waals surface area contributed by atoms with E-state index in [1.54, 1.807) is 0 Å². The van der Waals surface area contributed by atoms with Gasteiger partial charge in [-0.1, -0.05) is 45.4 Å². The third kappa shape index (κ3) is 6.46. The molecule has 0 N–H and O–H groups in total.